The van der Waals surface area contributed by atoms with E-state index >= 15 is 0 Å². The van der Waals surface area contributed by atoms with Crippen molar-refractivity contribution in [3.05, 3.63) is 48.0 Å². The summed E-state index contributed by atoms with van der Waals surface area (Å²) in [5, 5.41) is 44.0. The highest BCUT2D eigenvalue weighted by molar-refractivity contribution is 5.94. The highest BCUT2D eigenvalue weighted by Gasteiger charge is 2.30. The zero-order valence-electron chi connectivity index (χ0n) is 18.5. The Morgan fingerprint density at radius 3 is 1.97 bits per heavy atom. The fraction of sp³-hybridized carbons (Fsp3) is 0.381. The largest absolute Gasteiger partial charge is 0.508 e. The van der Waals surface area contributed by atoms with Gasteiger partial charge in [-0.2, -0.15) is 0 Å². The van der Waals surface area contributed by atoms with Gasteiger partial charge in [-0.3, -0.25) is 14.4 Å². The van der Waals surface area contributed by atoms with E-state index in [1.165, 1.54) is 36.8 Å². The number of imidazole rings is 1. The average Bonchev–Trinajstić information content (AvgIpc) is 3.35. The Kier molecular flexibility index (Phi) is 10.1. The van der Waals surface area contributed by atoms with E-state index in [9.17, 15) is 29.4 Å². The van der Waals surface area contributed by atoms with Crippen LogP contribution in [0.3, 0.4) is 0 Å². The van der Waals surface area contributed by atoms with Crippen LogP contribution in [0, 0.1) is 0 Å². The Hall–Kier alpha value is -4.01. The molecule has 35 heavy (non-hydrogen) atoms. The summed E-state index contributed by atoms with van der Waals surface area (Å²) in [6.07, 6.45) is 2.60. The van der Waals surface area contributed by atoms with E-state index in [1.807, 2.05) is 0 Å². The van der Waals surface area contributed by atoms with Gasteiger partial charge in [0.1, 0.15) is 29.9 Å². The van der Waals surface area contributed by atoms with Crippen LogP contribution in [0.5, 0.6) is 5.75 Å². The number of rotatable bonds is 13. The lowest BCUT2D eigenvalue weighted by Gasteiger charge is -2.24. The van der Waals surface area contributed by atoms with Crippen molar-refractivity contribution in [2.45, 2.75) is 37.0 Å². The molecule has 2 aromatic rings. The van der Waals surface area contributed by atoms with Crippen LogP contribution in [-0.2, 0) is 32.0 Å². The number of aliphatic hydroxyl groups excluding tert-OH is 2. The van der Waals surface area contributed by atoms with Crippen molar-refractivity contribution in [2.75, 3.05) is 13.2 Å². The number of aliphatic carboxylic acids is 1. The number of nitrogens with zero attached hydrogens (tertiary/aromatic N) is 1. The first-order valence-corrected chi connectivity index (χ1v) is 10.5. The monoisotopic (exact) mass is 492 g/mol. The number of carbonyl (C=O) groups excluding carboxylic acids is 3. The Morgan fingerprint density at radius 2 is 1.46 bits per heavy atom. The van der Waals surface area contributed by atoms with Gasteiger partial charge < -0.3 is 47.1 Å². The number of phenols is 1. The molecule has 190 valence electrons. The molecule has 14 nitrogen and oxygen atoms in total. The van der Waals surface area contributed by atoms with Gasteiger partial charge in [0, 0.05) is 24.7 Å². The summed E-state index contributed by atoms with van der Waals surface area (Å²) in [7, 11) is 0. The van der Waals surface area contributed by atoms with Crippen molar-refractivity contribution in [2.24, 2.45) is 5.73 Å². The smallest absolute Gasteiger partial charge is 0.328 e. The van der Waals surface area contributed by atoms with E-state index in [1.54, 1.807) is 0 Å². The predicted octanol–water partition coefficient (Wildman–Crippen LogP) is -3.25. The number of carboxylic acid groups (broad SMARTS) is 1. The molecular weight excluding hydrogens is 464 g/mol. The van der Waals surface area contributed by atoms with Crippen LogP contribution in [0.1, 0.15) is 11.3 Å². The number of nitrogens with one attached hydrogen (secondary N) is 4. The number of carbonyl (C=O) groups is 4. The van der Waals surface area contributed by atoms with Crippen molar-refractivity contribution >= 4 is 23.7 Å². The first-order valence-electron chi connectivity index (χ1n) is 10.5. The van der Waals surface area contributed by atoms with Crippen LogP contribution < -0.4 is 21.7 Å². The summed E-state index contributed by atoms with van der Waals surface area (Å²) in [4.78, 5) is 56.0. The predicted molar refractivity (Wildman–Crippen MR) is 120 cm³/mol. The number of hydrogen-bond acceptors (Lipinski definition) is 9. The summed E-state index contributed by atoms with van der Waals surface area (Å²) in [5.74, 6) is -3.98. The third kappa shape index (κ3) is 8.37. The Bertz CT molecular complexity index is 998. The maximum Gasteiger partial charge on any atom is 0.328 e. The maximum absolute atomic E-state index is 13.1. The fourth-order valence-corrected chi connectivity index (χ4v) is 2.99. The molecule has 0 spiro atoms. The molecule has 0 saturated heterocycles. The summed E-state index contributed by atoms with van der Waals surface area (Å²) in [5.41, 5.74) is 6.54. The molecule has 3 amide bonds. The topological polar surface area (TPSA) is 240 Å². The molecule has 2 rings (SSSR count). The summed E-state index contributed by atoms with van der Waals surface area (Å²) < 4.78 is 0. The molecule has 10 N–H and O–H groups in total. The summed E-state index contributed by atoms with van der Waals surface area (Å²) in [6.45, 7) is -1.54. The zero-order chi connectivity index (χ0) is 26.0. The molecule has 1 aromatic heterocycles. The van der Waals surface area contributed by atoms with Gasteiger partial charge in [0.25, 0.3) is 0 Å². The highest BCUT2D eigenvalue weighted by Crippen LogP contribution is 2.12. The Balaban J connectivity index is 2.26. The van der Waals surface area contributed by atoms with Gasteiger partial charge in [0.2, 0.25) is 17.7 Å². The fourth-order valence-electron chi connectivity index (χ4n) is 2.99. The minimum atomic E-state index is -1.60. The van der Waals surface area contributed by atoms with Gasteiger partial charge in [-0.05, 0) is 17.7 Å². The molecule has 0 radical (unpaired) electrons. The quantitative estimate of drug-likeness (QED) is 0.135. The number of aromatic hydroxyl groups is 1. The number of amides is 3. The number of nitrogens with two attached hydrogens (primary N) is 1. The number of phenolic OH excluding ortho intramolecular Hbond substituents is 1. The average molecular weight is 492 g/mol. The standard InChI is InChI=1S/C21H28N6O8/c22-14(8-28)18(31)25-15(5-11-1-3-13(30)4-2-11)19(32)26-16(6-12-7-23-10-24-12)20(33)27-17(9-29)21(34)35/h1-4,7,10,14-17,28-30H,5-6,8-9,22H2,(H,23,24)(H,25,31)(H,26,32)(H,27,33)(H,34,35). The number of hydrogen-bond donors (Lipinski definition) is 9. The van der Waals surface area contributed by atoms with Gasteiger partial charge in [-0.15, -0.1) is 0 Å². The second-order valence-electron chi connectivity index (χ2n) is 7.64. The number of aromatic amines is 1. The molecule has 0 fully saturated rings. The Morgan fingerprint density at radius 1 is 0.886 bits per heavy atom. The third-order valence-electron chi connectivity index (χ3n) is 4.95. The summed E-state index contributed by atoms with van der Waals surface area (Å²) in [6, 6.07) is 0.399. The molecule has 1 aromatic carbocycles. The minimum absolute atomic E-state index is 0.00532. The van der Waals surface area contributed by atoms with E-state index < -0.39 is 61.1 Å². The van der Waals surface area contributed by atoms with Gasteiger partial charge in [0.05, 0.1) is 19.5 Å². The summed E-state index contributed by atoms with van der Waals surface area (Å²) >= 11 is 0. The molecular formula is C21H28N6O8. The second kappa shape index (κ2) is 13.0. The molecule has 0 saturated carbocycles. The number of benzene rings is 1. The number of aromatic nitrogens is 2. The highest BCUT2D eigenvalue weighted by atomic mass is 16.4. The van der Waals surface area contributed by atoms with E-state index in [4.69, 9.17) is 15.9 Å². The lowest BCUT2D eigenvalue weighted by Crippen LogP contribution is -2.58. The minimum Gasteiger partial charge on any atom is -0.508 e. The van der Waals surface area contributed by atoms with Crippen LogP contribution in [0.4, 0.5) is 0 Å². The van der Waals surface area contributed by atoms with Crippen molar-refractivity contribution in [1.29, 1.82) is 0 Å². The molecule has 0 aliphatic carbocycles. The molecule has 4 atom stereocenters. The first kappa shape index (κ1) is 27.2. The van der Waals surface area contributed by atoms with Crippen molar-refractivity contribution in [1.82, 2.24) is 25.9 Å². The third-order valence-corrected chi connectivity index (χ3v) is 4.95. The van der Waals surface area contributed by atoms with E-state index in [2.05, 4.69) is 25.9 Å². The molecule has 14 heteroatoms. The van der Waals surface area contributed by atoms with Crippen molar-refractivity contribution in [3.63, 3.8) is 0 Å². The van der Waals surface area contributed by atoms with Crippen molar-refractivity contribution < 1.29 is 39.6 Å². The van der Waals surface area contributed by atoms with Crippen molar-refractivity contribution in [3.8, 4) is 5.75 Å². The van der Waals surface area contributed by atoms with Crippen LogP contribution >= 0.6 is 0 Å². The maximum atomic E-state index is 13.1. The van der Waals surface area contributed by atoms with Crippen LogP contribution in [0.2, 0.25) is 0 Å². The Labute approximate surface area is 199 Å². The number of H-pyrrole nitrogens is 1. The number of carboxylic acids is 1. The lowest BCUT2D eigenvalue weighted by atomic mass is 10.0. The van der Waals surface area contributed by atoms with Crippen LogP contribution in [0.15, 0.2) is 36.8 Å². The SMILES string of the molecule is NC(CO)C(=O)NC(Cc1ccc(O)cc1)C(=O)NC(Cc1cnc[nH]1)C(=O)NC(CO)C(=O)O. The van der Waals surface area contributed by atoms with Gasteiger partial charge >= 0.3 is 5.97 Å². The second-order valence-corrected chi connectivity index (χ2v) is 7.64. The van der Waals surface area contributed by atoms with Gasteiger partial charge in [-0.1, -0.05) is 12.1 Å². The van der Waals surface area contributed by atoms with E-state index in [-0.39, 0.29) is 18.6 Å². The normalized spacial score (nSPS) is 14.3. The molecule has 4 unspecified atom stereocenters. The van der Waals surface area contributed by atoms with Gasteiger partial charge in [-0.25, -0.2) is 9.78 Å². The van der Waals surface area contributed by atoms with E-state index in [0.29, 0.717) is 11.3 Å². The van der Waals surface area contributed by atoms with E-state index in [0.717, 1.165) is 0 Å². The number of aliphatic hydroxyl groups is 2. The van der Waals surface area contributed by atoms with Crippen LogP contribution in [-0.4, -0.2) is 91.5 Å². The van der Waals surface area contributed by atoms with Gasteiger partial charge in [0.15, 0.2) is 0 Å². The first-order chi connectivity index (χ1) is 16.6. The molecule has 0 aliphatic rings. The molecule has 0 bridgehead atoms. The molecule has 0 aliphatic heterocycles. The lowest BCUT2D eigenvalue weighted by molar-refractivity contribution is -0.143. The molecule has 1 heterocycles. The zero-order valence-corrected chi connectivity index (χ0v) is 18.5. The van der Waals surface area contributed by atoms with Crippen LogP contribution in [0.25, 0.3) is 0 Å².